The van der Waals surface area contributed by atoms with Crippen LogP contribution in [0, 0.1) is 6.92 Å². The number of hydrogen-bond acceptors (Lipinski definition) is 4. The molecule has 14 heavy (non-hydrogen) atoms. The van der Waals surface area contributed by atoms with Crippen LogP contribution in [0.1, 0.15) is 12.7 Å². The van der Waals surface area contributed by atoms with Gasteiger partial charge in [0.05, 0.1) is 6.20 Å². The van der Waals surface area contributed by atoms with Crippen molar-refractivity contribution in [1.29, 1.82) is 0 Å². The molecule has 0 aliphatic heterocycles. The third kappa shape index (κ3) is 2.12. The summed E-state index contributed by atoms with van der Waals surface area (Å²) in [4.78, 5) is 24.2. The van der Waals surface area contributed by atoms with E-state index in [1.807, 2.05) is 0 Å². The van der Waals surface area contributed by atoms with E-state index in [1.165, 1.54) is 4.90 Å². The summed E-state index contributed by atoms with van der Waals surface area (Å²) in [6.07, 6.45) is 3.92. The molecule has 0 saturated heterocycles. The van der Waals surface area contributed by atoms with Crippen LogP contribution in [0.5, 0.6) is 0 Å². The van der Waals surface area contributed by atoms with Crippen LogP contribution < -0.4 is 4.90 Å². The van der Waals surface area contributed by atoms with Crippen LogP contribution in [0.25, 0.3) is 0 Å². The van der Waals surface area contributed by atoms with Crippen molar-refractivity contribution >= 4 is 24.1 Å². The normalized spacial score (nSPS) is 10.5. The predicted octanol–water partition coefficient (Wildman–Crippen LogP) is 1.10. The van der Waals surface area contributed by atoms with Crippen LogP contribution in [0.4, 0.5) is 11.5 Å². The molecular weight excluding hydrogens is 180 g/mol. The van der Waals surface area contributed by atoms with Crippen LogP contribution in [-0.4, -0.2) is 29.6 Å². The maximum absolute atomic E-state index is 10.6. The van der Waals surface area contributed by atoms with E-state index >= 15 is 0 Å². The largest absolute Gasteiger partial charge is 0.301 e. The molecule has 0 N–H and O–H groups in total. The molecule has 0 atom stereocenters. The van der Waals surface area contributed by atoms with Gasteiger partial charge in [-0.1, -0.05) is 0 Å². The summed E-state index contributed by atoms with van der Waals surface area (Å²) in [6.45, 7) is 3.56. The summed E-state index contributed by atoms with van der Waals surface area (Å²) in [5.74, 6) is 1.13. The highest BCUT2D eigenvalue weighted by atomic mass is 16.1. The number of anilines is 1. The Balaban J connectivity index is 3.21. The summed E-state index contributed by atoms with van der Waals surface area (Å²) in [6, 6.07) is 0. The van der Waals surface area contributed by atoms with Crippen molar-refractivity contribution in [2.24, 2.45) is 4.99 Å². The lowest BCUT2D eigenvalue weighted by atomic mass is 10.4. The van der Waals surface area contributed by atoms with Gasteiger partial charge in [-0.3, -0.25) is 9.79 Å². The molecule has 1 heterocycles. The molecule has 0 radical (unpaired) electrons. The summed E-state index contributed by atoms with van der Waals surface area (Å²) in [5, 5.41) is 0. The first-order valence-electron chi connectivity index (χ1n) is 4.19. The molecule has 0 aromatic carbocycles. The molecule has 0 unspecified atom stereocenters. The first-order valence-corrected chi connectivity index (χ1v) is 4.19. The topological polar surface area (TPSA) is 58.5 Å². The smallest absolute Gasteiger partial charge is 0.215 e. The Labute approximate surface area is 82.5 Å². The molecule has 0 fully saturated rings. The second kappa shape index (κ2) is 4.45. The van der Waals surface area contributed by atoms with Crippen molar-refractivity contribution in [3.05, 3.63) is 12.0 Å². The lowest BCUT2D eigenvalue weighted by Gasteiger charge is -2.11. The molecule has 0 aliphatic carbocycles. The fraction of sp³-hybridized carbons (Fsp3) is 0.333. The Morgan fingerprint density at radius 3 is 2.86 bits per heavy atom. The first kappa shape index (κ1) is 10.3. The van der Waals surface area contributed by atoms with E-state index < -0.39 is 0 Å². The average molecular weight is 192 g/mol. The molecular formula is C9H12N4O. The molecule has 1 rings (SSSR count). The summed E-state index contributed by atoms with van der Waals surface area (Å²) in [5.41, 5.74) is 0.590. The standard InChI is InChI=1S/C9H12N4O/c1-4-10-8-5-11-7(2)12-9(8)13(3)6-14/h4-6H,1-3H3. The molecule has 0 spiro atoms. The van der Waals surface area contributed by atoms with Crippen molar-refractivity contribution in [2.75, 3.05) is 11.9 Å². The highest BCUT2D eigenvalue weighted by Gasteiger charge is 2.08. The second-order valence-corrected chi connectivity index (χ2v) is 2.73. The molecule has 0 saturated carbocycles. The van der Waals surface area contributed by atoms with E-state index in [9.17, 15) is 4.79 Å². The number of rotatable bonds is 3. The van der Waals surface area contributed by atoms with Gasteiger partial charge >= 0.3 is 0 Å². The van der Waals surface area contributed by atoms with E-state index in [1.54, 1.807) is 33.3 Å². The van der Waals surface area contributed by atoms with Gasteiger partial charge in [0.25, 0.3) is 0 Å². The Morgan fingerprint density at radius 1 is 1.57 bits per heavy atom. The maximum Gasteiger partial charge on any atom is 0.215 e. The van der Waals surface area contributed by atoms with Gasteiger partial charge in [-0.2, -0.15) is 0 Å². The summed E-state index contributed by atoms with van der Waals surface area (Å²) < 4.78 is 0. The summed E-state index contributed by atoms with van der Waals surface area (Å²) in [7, 11) is 1.63. The van der Waals surface area contributed by atoms with Gasteiger partial charge in [0.1, 0.15) is 11.5 Å². The van der Waals surface area contributed by atoms with Crippen molar-refractivity contribution in [3.8, 4) is 0 Å². The lowest BCUT2D eigenvalue weighted by molar-refractivity contribution is -0.107. The lowest BCUT2D eigenvalue weighted by Crippen LogP contribution is -2.16. The van der Waals surface area contributed by atoms with Crippen LogP contribution >= 0.6 is 0 Å². The van der Waals surface area contributed by atoms with Crippen LogP contribution in [0.2, 0.25) is 0 Å². The van der Waals surface area contributed by atoms with E-state index in [4.69, 9.17) is 0 Å². The van der Waals surface area contributed by atoms with E-state index in [-0.39, 0.29) is 0 Å². The maximum atomic E-state index is 10.6. The number of amides is 1. The fourth-order valence-corrected chi connectivity index (χ4v) is 0.991. The third-order valence-corrected chi connectivity index (χ3v) is 1.63. The quantitative estimate of drug-likeness (QED) is 0.532. The number of carbonyl (C=O) groups excluding carboxylic acids is 1. The van der Waals surface area contributed by atoms with Gasteiger partial charge in [0.2, 0.25) is 6.41 Å². The van der Waals surface area contributed by atoms with E-state index in [2.05, 4.69) is 15.0 Å². The number of hydrogen-bond donors (Lipinski definition) is 0. The Hall–Kier alpha value is -1.78. The number of nitrogens with zero attached hydrogens (tertiary/aromatic N) is 4. The zero-order chi connectivity index (χ0) is 10.6. The third-order valence-electron chi connectivity index (χ3n) is 1.63. The Bertz CT molecular complexity index is 362. The van der Waals surface area contributed by atoms with Crippen LogP contribution in [0.15, 0.2) is 11.2 Å². The minimum atomic E-state index is 0.519. The van der Waals surface area contributed by atoms with Gasteiger partial charge in [0.15, 0.2) is 5.82 Å². The van der Waals surface area contributed by atoms with Crippen LogP contribution in [0.3, 0.4) is 0 Å². The molecule has 1 aromatic rings. The van der Waals surface area contributed by atoms with Gasteiger partial charge in [0, 0.05) is 13.3 Å². The fourth-order valence-electron chi connectivity index (χ4n) is 0.991. The second-order valence-electron chi connectivity index (χ2n) is 2.73. The number of carbonyl (C=O) groups is 1. The van der Waals surface area contributed by atoms with Gasteiger partial charge in [-0.15, -0.1) is 0 Å². The summed E-state index contributed by atoms with van der Waals surface area (Å²) >= 11 is 0. The molecule has 0 aliphatic rings. The zero-order valence-electron chi connectivity index (χ0n) is 8.43. The van der Waals surface area contributed by atoms with Crippen molar-refractivity contribution < 1.29 is 4.79 Å². The van der Waals surface area contributed by atoms with E-state index in [0.29, 0.717) is 23.7 Å². The van der Waals surface area contributed by atoms with Crippen molar-refractivity contribution in [3.63, 3.8) is 0 Å². The number of aromatic nitrogens is 2. The van der Waals surface area contributed by atoms with Crippen LogP contribution in [-0.2, 0) is 4.79 Å². The molecule has 1 amide bonds. The zero-order valence-corrected chi connectivity index (χ0v) is 8.43. The van der Waals surface area contributed by atoms with Gasteiger partial charge in [-0.25, -0.2) is 9.97 Å². The average Bonchev–Trinajstić information content (AvgIpc) is 2.20. The predicted molar refractivity (Wildman–Crippen MR) is 55.1 cm³/mol. The molecule has 5 nitrogen and oxygen atoms in total. The number of aliphatic imine (C=N–C) groups is 1. The highest BCUT2D eigenvalue weighted by Crippen LogP contribution is 2.23. The Kier molecular flexibility index (Phi) is 3.28. The molecule has 74 valence electrons. The monoisotopic (exact) mass is 192 g/mol. The van der Waals surface area contributed by atoms with Crippen molar-refractivity contribution in [1.82, 2.24) is 9.97 Å². The minimum Gasteiger partial charge on any atom is -0.301 e. The van der Waals surface area contributed by atoms with Crippen molar-refractivity contribution in [2.45, 2.75) is 13.8 Å². The first-order chi connectivity index (χ1) is 6.69. The SMILES string of the molecule is CC=Nc1cnc(C)nc1N(C)C=O. The Morgan fingerprint density at radius 2 is 2.29 bits per heavy atom. The van der Waals surface area contributed by atoms with Gasteiger partial charge in [-0.05, 0) is 13.8 Å². The van der Waals surface area contributed by atoms with Gasteiger partial charge < -0.3 is 4.90 Å². The van der Waals surface area contributed by atoms with E-state index in [0.717, 1.165) is 0 Å². The highest BCUT2D eigenvalue weighted by molar-refractivity contribution is 5.80. The number of aryl methyl sites for hydroxylation is 1. The molecule has 0 bridgehead atoms. The molecule has 5 heteroatoms. The molecule has 1 aromatic heterocycles. The minimum absolute atomic E-state index is 0.519.